The largest absolute Gasteiger partial charge is 0.480 e. The van der Waals surface area contributed by atoms with Crippen LogP contribution in [0.4, 0.5) is 0 Å². The average Bonchev–Trinajstić information content (AvgIpc) is 2.33. The Morgan fingerprint density at radius 1 is 1.10 bits per heavy atom. The molecule has 6 heteroatoms. The zero-order valence-electron chi connectivity index (χ0n) is 12.3. The molecule has 0 aliphatic carbocycles. The van der Waals surface area contributed by atoms with Gasteiger partial charge in [0.05, 0.1) is 13.1 Å². The lowest BCUT2D eigenvalue weighted by atomic mass is 9.93. The number of aliphatic carboxylic acids is 2. The lowest BCUT2D eigenvalue weighted by molar-refractivity contribution is -0.142. The van der Waals surface area contributed by atoms with E-state index in [0.29, 0.717) is 5.56 Å². The number of carbonyl (C=O) groups is 3. The summed E-state index contributed by atoms with van der Waals surface area (Å²) in [6.45, 7) is 4.94. The Kier molecular flexibility index (Phi) is 5.60. The van der Waals surface area contributed by atoms with Crippen molar-refractivity contribution < 1.29 is 24.6 Å². The van der Waals surface area contributed by atoms with E-state index < -0.39 is 11.9 Å². The number of rotatable bonds is 7. The van der Waals surface area contributed by atoms with Crippen molar-refractivity contribution in [2.75, 3.05) is 13.1 Å². The summed E-state index contributed by atoms with van der Waals surface area (Å²) in [6, 6.07) is 1.85. The second kappa shape index (κ2) is 6.99. The first-order chi connectivity index (χ1) is 9.76. The topological polar surface area (TPSA) is 94.9 Å². The van der Waals surface area contributed by atoms with Crippen LogP contribution < -0.4 is 0 Å². The molecule has 0 amide bonds. The van der Waals surface area contributed by atoms with Crippen LogP contribution in [0.1, 0.15) is 32.6 Å². The molecule has 0 aliphatic rings. The van der Waals surface area contributed by atoms with Crippen molar-refractivity contribution in [1.82, 2.24) is 4.90 Å². The third-order valence-electron chi connectivity index (χ3n) is 3.41. The Morgan fingerprint density at radius 3 is 2.05 bits per heavy atom. The summed E-state index contributed by atoms with van der Waals surface area (Å²) in [5.74, 6) is -2.18. The van der Waals surface area contributed by atoms with Gasteiger partial charge in [0.1, 0.15) is 0 Å². The van der Waals surface area contributed by atoms with Gasteiger partial charge in [0.25, 0.3) is 0 Å². The molecule has 0 radical (unpaired) electrons. The van der Waals surface area contributed by atoms with Gasteiger partial charge in [-0.1, -0.05) is 6.07 Å². The van der Waals surface area contributed by atoms with E-state index in [1.54, 1.807) is 6.92 Å². The Hall–Kier alpha value is -2.21. The van der Waals surface area contributed by atoms with Crippen molar-refractivity contribution in [2.24, 2.45) is 0 Å². The number of carboxylic acid groups (broad SMARTS) is 2. The number of hydrogen-bond donors (Lipinski definition) is 2. The number of aryl methyl sites for hydroxylation is 2. The Balaban J connectivity index is 3.16. The van der Waals surface area contributed by atoms with Crippen LogP contribution in [0, 0.1) is 20.8 Å². The van der Waals surface area contributed by atoms with E-state index >= 15 is 0 Å². The van der Waals surface area contributed by atoms with Gasteiger partial charge in [-0.25, -0.2) is 0 Å². The SMILES string of the molecule is Cc1cc(C)c(CN(CC(=O)O)CC(=O)O)c(C)c1C=O. The van der Waals surface area contributed by atoms with E-state index in [1.807, 2.05) is 19.9 Å². The number of carboxylic acids is 2. The van der Waals surface area contributed by atoms with Crippen LogP contribution >= 0.6 is 0 Å². The molecule has 0 saturated carbocycles. The first-order valence-corrected chi connectivity index (χ1v) is 6.47. The van der Waals surface area contributed by atoms with Crippen molar-refractivity contribution in [2.45, 2.75) is 27.3 Å². The maximum absolute atomic E-state index is 11.2. The number of benzene rings is 1. The molecule has 114 valence electrons. The Bertz CT molecular complexity index is 564. The number of carbonyl (C=O) groups excluding carboxylic acids is 1. The van der Waals surface area contributed by atoms with Gasteiger partial charge in [-0.3, -0.25) is 19.3 Å². The van der Waals surface area contributed by atoms with Crippen LogP contribution in [-0.2, 0) is 16.1 Å². The van der Waals surface area contributed by atoms with E-state index in [0.717, 1.165) is 28.5 Å². The maximum atomic E-state index is 11.2. The average molecular weight is 293 g/mol. The van der Waals surface area contributed by atoms with E-state index in [4.69, 9.17) is 10.2 Å². The van der Waals surface area contributed by atoms with Gasteiger partial charge in [0, 0.05) is 12.1 Å². The molecule has 0 fully saturated rings. The standard InChI is InChI=1S/C15H19NO5/c1-9-4-10(2)13(8-17)11(3)12(9)5-16(6-14(18)19)7-15(20)21/h4,8H,5-7H2,1-3H3,(H,18,19)(H,20,21). The third kappa shape index (κ3) is 4.39. The van der Waals surface area contributed by atoms with Crippen LogP contribution in [0.3, 0.4) is 0 Å². The second-order valence-corrected chi connectivity index (χ2v) is 5.08. The Labute approximate surface area is 123 Å². The number of aldehydes is 1. The second-order valence-electron chi connectivity index (χ2n) is 5.08. The fourth-order valence-corrected chi connectivity index (χ4v) is 2.44. The molecule has 0 unspecified atom stereocenters. The third-order valence-corrected chi connectivity index (χ3v) is 3.41. The molecule has 0 aromatic heterocycles. The van der Waals surface area contributed by atoms with Crippen LogP contribution in [0.25, 0.3) is 0 Å². The van der Waals surface area contributed by atoms with Crippen LogP contribution in [0.5, 0.6) is 0 Å². The number of nitrogens with zero attached hydrogens (tertiary/aromatic N) is 1. The van der Waals surface area contributed by atoms with Gasteiger partial charge in [-0.15, -0.1) is 0 Å². The van der Waals surface area contributed by atoms with Gasteiger partial charge in [-0.05, 0) is 43.0 Å². The van der Waals surface area contributed by atoms with E-state index in [9.17, 15) is 14.4 Å². The molecule has 0 atom stereocenters. The first-order valence-electron chi connectivity index (χ1n) is 6.47. The lowest BCUT2D eigenvalue weighted by Crippen LogP contribution is -2.34. The monoisotopic (exact) mass is 293 g/mol. The van der Waals surface area contributed by atoms with Gasteiger partial charge < -0.3 is 10.2 Å². The fourth-order valence-electron chi connectivity index (χ4n) is 2.44. The smallest absolute Gasteiger partial charge is 0.317 e. The molecule has 0 saturated heterocycles. The summed E-state index contributed by atoms with van der Waals surface area (Å²) in [7, 11) is 0. The Morgan fingerprint density at radius 2 is 1.62 bits per heavy atom. The minimum absolute atomic E-state index is 0.178. The van der Waals surface area contributed by atoms with Crippen molar-refractivity contribution in [3.63, 3.8) is 0 Å². The summed E-state index contributed by atoms with van der Waals surface area (Å²) < 4.78 is 0. The minimum atomic E-state index is -1.09. The highest BCUT2D eigenvalue weighted by atomic mass is 16.4. The molecule has 6 nitrogen and oxygen atoms in total. The molecule has 1 rings (SSSR count). The maximum Gasteiger partial charge on any atom is 0.317 e. The molecule has 1 aromatic carbocycles. The van der Waals surface area contributed by atoms with E-state index in [1.165, 1.54) is 4.90 Å². The van der Waals surface area contributed by atoms with Crippen LogP contribution in [0.15, 0.2) is 6.07 Å². The first kappa shape index (κ1) is 16.8. The predicted molar refractivity (Wildman–Crippen MR) is 76.6 cm³/mol. The molecule has 0 bridgehead atoms. The minimum Gasteiger partial charge on any atom is -0.480 e. The normalized spacial score (nSPS) is 10.7. The fraction of sp³-hybridized carbons (Fsp3) is 0.400. The predicted octanol–water partition coefficient (Wildman–Crippen LogP) is 1.40. The summed E-state index contributed by atoms with van der Waals surface area (Å²) in [4.78, 5) is 34.1. The van der Waals surface area contributed by atoms with Crippen molar-refractivity contribution >= 4 is 18.2 Å². The zero-order valence-corrected chi connectivity index (χ0v) is 12.3. The highest BCUT2D eigenvalue weighted by molar-refractivity contribution is 5.80. The molecule has 21 heavy (non-hydrogen) atoms. The lowest BCUT2D eigenvalue weighted by Gasteiger charge is -2.22. The zero-order chi connectivity index (χ0) is 16.2. The highest BCUT2D eigenvalue weighted by Crippen LogP contribution is 2.22. The summed E-state index contributed by atoms with van der Waals surface area (Å²) in [6.07, 6.45) is 0.770. The molecule has 2 N–H and O–H groups in total. The molecule has 0 aliphatic heterocycles. The highest BCUT2D eigenvalue weighted by Gasteiger charge is 2.18. The summed E-state index contributed by atoms with van der Waals surface area (Å²) in [5.41, 5.74) is 3.90. The van der Waals surface area contributed by atoms with Gasteiger partial charge in [0.15, 0.2) is 6.29 Å². The summed E-state index contributed by atoms with van der Waals surface area (Å²) >= 11 is 0. The van der Waals surface area contributed by atoms with E-state index in [-0.39, 0.29) is 19.6 Å². The summed E-state index contributed by atoms with van der Waals surface area (Å²) in [5, 5.41) is 17.7. The molecular weight excluding hydrogens is 274 g/mol. The van der Waals surface area contributed by atoms with Crippen molar-refractivity contribution in [1.29, 1.82) is 0 Å². The van der Waals surface area contributed by atoms with Crippen LogP contribution in [-0.4, -0.2) is 46.4 Å². The molecule has 0 spiro atoms. The van der Waals surface area contributed by atoms with Crippen molar-refractivity contribution in [3.05, 3.63) is 33.9 Å². The molecular formula is C15H19NO5. The molecule has 1 aromatic rings. The van der Waals surface area contributed by atoms with E-state index in [2.05, 4.69) is 0 Å². The quantitative estimate of drug-likeness (QED) is 0.738. The van der Waals surface area contributed by atoms with Crippen molar-refractivity contribution in [3.8, 4) is 0 Å². The van der Waals surface area contributed by atoms with Gasteiger partial charge >= 0.3 is 11.9 Å². The van der Waals surface area contributed by atoms with Gasteiger partial charge in [0.2, 0.25) is 0 Å². The number of hydrogen-bond acceptors (Lipinski definition) is 4. The molecule has 0 heterocycles. The van der Waals surface area contributed by atoms with Crippen LogP contribution in [0.2, 0.25) is 0 Å². The van der Waals surface area contributed by atoms with Gasteiger partial charge in [-0.2, -0.15) is 0 Å².